The van der Waals surface area contributed by atoms with Gasteiger partial charge in [-0.15, -0.1) is 11.3 Å². The molecular weight excluding hydrogens is 344 g/mol. The molecule has 0 bridgehead atoms. The number of anilines is 2. The van der Waals surface area contributed by atoms with Crippen LogP contribution in [0.5, 0.6) is 0 Å². The van der Waals surface area contributed by atoms with Crippen LogP contribution in [-0.4, -0.2) is 11.8 Å². The van der Waals surface area contributed by atoms with Gasteiger partial charge in [-0.05, 0) is 59.3 Å². The Morgan fingerprint density at radius 3 is 1.92 bits per heavy atom. The summed E-state index contributed by atoms with van der Waals surface area (Å²) in [5.41, 5.74) is 3.18. The fraction of sp³-hybridized carbons (Fsp3) is 0.143. The van der Waals surface area contributed by atoms with Crippen molar-refractivity contribution in [2.24, 2.45) is 0 Å². The number of rotatable bonds is 5. The molecule has 1 heterocycles. The molecule has 0 fully saturated rings. The lowest BCUT2D eigenvalue weighted by molar-refractivity contribution is 0.102. The SMILES string of the molecule is CC(C)c1ccc(NC(=O)c2ccc(NC(=O)c3cccs3)cc2)cc1. The van der Waals surface area contributed by atoms with E-state index in [1.54, 1.807) is 30.3 Å². The van der Waals surface area contributed by atoms with Crippen molar-refractivity contribution in [3.63, 3.8) is 0 Å². The average Bonchev–Trinajstić information content (AvgIpc) is 3.17. The van der Waals surface area contributed by atoms with E-state index in [1.165, 1.54) is 16.9 Å². The molecule has 0 saturated carbocycles. The van der Waals surface area contributed by atoms with Crippen LogP contribution in [-0.2, 0) is 0 Å². The van der Waals surface area contributed by atoms with Crippen molar-refractivity contribution in [1.82, 2.24) is 0 Å². The van der Waals surface area contributed by atoms with Gasteiger partial charge < -0.3 is 10.6 Å². The Morgan fingerprint density at radius 1 is 0.808 bits per heavy atom. The highest BCUT2D eigenvalue weighted by Gasteiger charge is 2.09. The van der Waals surface area contributed by atoms with Gasteiger partial charge >= 0.3 is 0 Å². The Kier molecular flexibility index (Phi) is 5.49. The Labute approximate surface area is 156 Å². The number of amides is 2. The van der Waals surface area contributed by atoms with E-state index >= 15 is 0 Å². The number of carbonyl (C=O) groups is 2. The van der Waals surface area contributed by atoms with E-state index in [-0.39, 0.29) is 11.8 Å². The largest absolute Gasteiger partial charge is 0.322 e. The molecule has 2 aromatic carbocycles. The molecule has 0 unspecified atom stereocenters. The van der Waals surface area contributed by atoms with Gasteiger partial charge in [-0.3, -0.25) is 9.59 Å². The van der Waals surface area contributed by atoms with Crippen LogP contribution < -0.4 is 10.6 Å². The fourth-order valence-corrected chi connectivity index (χ4v) is 3.08. The summed E-state index contributed by atoms with van der Waals surface area (Å²) >= 11 is 1.39. The van der Waals surface area contributed by atoms with Crippen molar-refractivity contribution in [3.8, 4) is 0 Å². The molecule has 0 aliphatic heterocycles. The molecule has 2 N–H and O–H groups in total. The Morgan fingerprint density at radius 2 is 1.38 bits per heavy atom. The molecule has 4 nitrogen and oxygen atoms in total. The minimum atomic E-state index is -0.182. The monoisotopic (exact) mass is 364 g/mol. The zero-order valence-corrected chi connectivity index (χ0v) is 15.5. The van der Waals surface area contributed by atoms with E-state index in [9.17, 15) is 9.59 Å². The van der Waals surface area contributed by atoms with Crippen LogP contribution in [0, 0.1) is 0 Å². The van der Waals surface area contributed by atoms with Crippen LogP contribution in [0.15, 0.2) is 66.0 Å². The number of thiophene rings is 1. The van der Waals surface area contributed by atoms with Gasteiger partial charge in [0.2, 0.25) is 0 Å². The zero-order chi connectivity index (χ0) is 18.5. The van der Waals surface area contributed by atoms with E-state index in [0.717, 1.165) is 5.69 Å². The zero-order valence-electron chi connectivity index (χ0n) is 14.7. The maximum absolute atomic E-state index is 12.4. The van der Waals surface area contributed by atoms with E-state index in [4.69, 9.17) is 0 Å². The number of benzene rings is 2. The Balaban J connectivity index is 1.62. The van der Waals surface area contributed by atoms with E-state index in [2.05, 4.69) is 24.5 Å². The third-order valence-electron chi connectivity index (χ3n) is 3.99. The summed E-state index contributed by atoms with van der Waals surface area (Å²) in [4.78, 5) is 25.0. The van der Waals surface area contributed by atoms with E-state index in [1.807, 2.05) is 35.7 Å². The molecule has 2 amide bonds. The van der Waals surface area contributed by atoms with Gasteiger partial charge in [0, 0.05) is 16.9 Å². The second-order valence-corrected chi connectivity index (χ2v) is 7.19. The van der Waals surface area contributed by atoms with Crippen molar-refractivity contribution in [2.75, 3.05) is 10.6 Å². The number of nitrogens with one attached hydrogen (secondary N) is 2. The average molecular weight is 364 g/mol. The molecule has 0 aliphatic rings. The van der Waals surface area contributed by atoms with E-state index < -0.39 is 0 Å². The summed E-state index contributed by atoms with van der Waals surface area (Å²) in [6, 6.07) is 18.3. The van der Waals surface area contributed by atoms with Crippen molar-refractivity contribution in [2.45, 2.75) is 19.8 Å². The lowest BCUT2D eigenvalue weighted by atomic mass is 10.0. The highest BCUT2D eigenvalue weighted by atomic mass is 32.1. The molecule has 0 saturated heterocycles. The standard InChI is InChI=1S/C21H20N2O2S/c1-14(2)15-5-9-17(10-6-15)22-20(24)16-7-11-18(12-8-16)23-21(25)19-4-3-13-26-19/h3-14H,1-2H3,(H,22,24)(H,23,25). The molecule has 0 spiro atoms. The van der Waals surface area contributed by atoms with Gasteiger partial charge in [-0.25, -0.2) is 0 Å². The minimum Gasteiger partial charge on any atom is -0.322 e. The molecular formula is C21H20N2O2S. The van der Waals surface area contributed by atoms with Gasteiger partial charge in [0.15, 0.2) is 0 Å². The normalized spacial score (nSPS) is 10.6. The van der Waals surface area contributed by atoms with Gasteiger partial charge in [-0.2, -0.15) is 0 Å². The van der Waals surface area contributed by atoms with Gasteiger partial charge in [-0.1, -0.05) is 32.0 Å². The van der Waals surface area contributed by atoms with Crippen LogP contribution in [0.1, 0.15) is 45.4 Å². The minimum absolute atomic E-state index is 0.151. The van der Waals surface area contributed by atoms with Crippen LogP contribution in [0.4, 0.5) is 11.4 Å². The van der Waals surface area contributed by atoms with Crippen LogP contribution in [0.2, 0.25) is 0 Å². The molecule has 132 valence electrons. The molecule has 3 aromatic rings. The molecule has 26 heavy (non-hydrogen) atoms. The van der Waals surface area contributed by atoms with Gasteiger partial charge in [0.1, 0.15) is 0 Å². The highest BCUT2D eigenvalue weighted by Crippen LogP contribution is 2.18. The molecule has 0 atom stereocenters. The number of hydrogen-bond donors (Lipinski definition) is 2. The molecule has 5 heteroatoms. The Bertz CT molecular complexity index is 883. The third kappa shape index (κ3) is 4.37. The second-order valence-electron chi connectivity index (χ2n) is 6.24. The maximum atomic E-state index is 12.4. The lowest BCUT2D eigenvalue weighted by Gasteiger charge is -2.09. The number of hydrogen-bond acceptors (Lipinski definition) is 3. The lowest BCUT2D eigenvalue weighted by Crippen LogP contribution is -2.13. The molecule has 3 rings (SSSR count). The fourth-order valence-electron chi connectivity index (χ4n) is 2.46. The first-order valence-electron chi connectivity index (χ1n) is 8.39. The first-order chi connectivity index (χ1) is 12.5. The topological polar surface area (TPSA) is 58.2 Å². The predicted octanol–water partition coefficient (Wildman–Crippen LogP) is 5.38. The van der Waals surface area contributed by atoms with E-state index in [0.29, 0.717) is 22.0 Å². The Hall–Kier alpha value is -2.92. The molecule has 0 aliphatic carbocycles. The van der Waals surface area contributed by atoms with Crippen LogP contribution >= 0.6 is 11.3 Å². The summed E-state index contributed by atoms with van der Waals surface area (Å²) in [6.45, 7) is 4.26. The summed E-state index contributed by atoms with van der Waals surface area (Å²) in [5.74, 6) is 0.123. The summed E-state index contributed by atoms with van der Waals surface area (Å²) < 4.78 is 0. The maximum Gasteiger partial charge on any atom is 0.265 e. The summed E-state index contributed by atoms with van der Waals surface area (Å²) in [7, 11) is 0. The van der Waals surface area contributed by atoms with Crippen molar-refractivity contribution in [1.29, 1.82) is 0 Å². The number of carbonyl (C=O) groups excluding carboxylic acids is 2. The smallest absolute Gasteiger partial charge is 0.265 e. The van der Waals surface area contributed by atoms with Gasteiger partial charge in [0.25, 0.3) is 11.8 Å². The second kappa shape index (κ2) is 7.97. The molecule has 0 radical (unpaired) electrons. The highest BCUT2D eigenvalue weighted by molar-refractivity contribution is 7.12. The third-order valence-corrected chi connectivity index (χ3v) is 4.85. The van der Waals surface area contributed by atoms with Crippen LogP contribution in [0.3, 0.4) is 0 Å². The summed E-state index contributed by atoms with van der Waals surface area (Å²) in [6.07, 6.45) is 0. The van der Waals surface area contributed by atoms with Crippen molar-refractivity contribution < 1.29 is 9.59 Å². The van der Waals surface area contributed by atoms with Crippen LogP contribution in [0.25, 0.3) is 0 Å². The predicted molar refractivity (Wildman–Crippen MR) is 107 cm³/mol. The first kappa shape index (κ1) is 17.9. The van der Waals surface area contributed by atoms with Crippen molar-refractivity contribution in [3.05, 3.63) is 82.0 Å². The summed E-state index contributed by atoms with van der Waals surface area (Å²) in [5, 5.41) is 7.56. The molecule has 1 aromatic heterocycles. The van der Waals surface area contributed by atoms with Crippen molar-refractivity contribution >= 4 is 34.5 Å². The quantitative estimate of drug-likeness (QED) is 0.639. The van der Waals surface area contributed by atoms with Gasteiger partial charge in [0.05, 0.1) is 4.88 Å². The first-order valence-corrected chi connectivity index (χ1v) is 9.27.